The lowest BCUT2D eigenvalue weighted by molar-refractivity contribution is 0.669. The van der Waals surface area contributed by atoms with Gasteiger partial charge in [0.2, 0.25) is 0 Å². The number of fused-ring (bicyclic) bond motifs is 10. The SMILES string of the molecule is N#Cc1cc(-n2c3ccccc3c3ccc4oc5ccccc5c4c32)ccc1-c1cccc(C#N)c1-n1c2ccccc2c2ccccc21. The summed E-state index contributed by atoms with van der Waals surface area (Å²) in [4.78, 5) is 0. The summed E-state index contributed by atoms with van der Waals surface area (Å²) in [5.41, 5.74) is 10.0. The van der Waals surface area contributed by atoms with Gasteiger partial charge in [0, 0.05) is 43.7 Å². The summed E-state index contributed by atoms with van der Waals surface area (Å²) in [6.45, 7) is 0. The van der Waals surface area contributed by atoms with Crippen LogP contribution < -0.4 is 0 Å². The largest absolute Gasteiger partial charge is 0.456 e. The molecule has 0 bridgehead atoms. The van der Waals surface area contributed by atoms with E-state index in [2.05, 4.69) is 88.0 Å². The maximum atomic E-state index is 10.8. The third-order valence-corrected chi connectivity index (χ3v) is 9.81. The summed E-state index contributed by atoms with van der Waals surface area (Å²) in [6.07, 6.45) is 0. The monoisotopic (exact) mass is 624 g/mol. The highest BCUT2D eigenvalue weighted by Crippen LogP contribution is 2.43. The smallest absolute Gasteiger partial charge is 0.137 e. The van der Waals surface area contributed by atoms with E-state index in [0.717, 1.165) is 88.1 Å². The Morgan fingerprint density at radius 3 is 1.76 bits per heavy atom. The van der Waals surface area contributed by atoms with E-state index in [9.17, 15) is 10.5 Å². The van der Waals surface area contributed by atoms with Crippen LogP contribution in [0.15, 0.2) is 150 Å². The number of para-hydroxylation sites is 5. The molecule has 0 aliphatic rings. The fraction of sp³-hybridized carbons (Fsp3) is 0. The topological polar surface area (TPSA) is 70.6 Å². The molecule has 0 saturated heterocycles. The van der Waals surface area contributed by atoms with Gasteiger partial charge < -0.3 is 13.6 Å². The second kappa shape index (κ2) is 10.2. The van der Waals surface area contributed by atoms with Crippen LogP contribution in [0.25, 0.3) is 88.1 Å². The van der Waals surface area contributed by atoms with Crippen LogP contribution in [0, 0.1) is 22.7 Å². The van der Waals surface area contributed by atoms with E-state index in [0.29, 0.717) is 11.1 Å². The van der Waals surface area contributed by atoms with Gasteiger partial charge in [0.15, 0.2) is 0 Å². The second-order valence-corrected chi connectivity index (χ2v) is 12.3. The number of hydrogen-bond donors (Lipinski definition) is 0. The van der Waals surface area contributed by atoms with Crippen LogP contribution in [0.1, 0.15) is 11.1 Å². The lowest BCUT2D eigenvalue weighted by atomic mass is 9.95. The van der Waals surface area contributed by atoms with Gasteiger partial charge in [-0.05, 0) is 54.6 Å². The summed E-state index contributed by atoms with van der Waals surface area (Å²) in [6, 6.07) is 54.0. The fourth-order valence-electron chi connectivity index (χ4n) is 7.79. The molecule has 0 atom stereocenters. The Labute approximate surface area is 280 Å². The first-order chi connectivity index (χ1) is 24.2. The summed E-state index contributed by atoms with van der Waals surface area (Å²) in [5, 5.41) is 27.7. The number of aromatic nitrogens is 2. The highest BCUT2D eigenvalue weighted by molar-refractivity contribution is 6.24. The molecule has 0 fully saturated rings. The number of furan rings is 1. The van der Waals surface area contributed by atoms with Crippen LogP contribution in [-0.4, -0.2) is 9.13 Å². The Hall–Kier alpha value is -7.08. The number of benzene rings is 7. The molecule has 3 aromatic heterocycles. The minimum Gasteiger partial charge on any atom is -0.456 e. The average Bonchev–Trinajstić information content (AvgIpc) is 3.82. The van der Waals surface area contributed by atoms with E-state index in [4.69, 9.17) is 4.42 Å². The zero-order chi connectivity index (χ0) is 32.6. The Morgan fingerprint density at radius 1 is 0.449 bits per heavy atom. The number of rotatable bonds is 3. The van der Waals surface area contributed by atoms with Crippen molar-refractivity contribution in [2.45, 2.75) is 0 Å². The maximum Gasteiger partial charge on any atom is 0.137 e. The molecule has 226 valence electrons. The van der Waals surface area contributed by atoms with Gasteiger partial charge in [-0.3, -0.25) is 0 Å². The van der Waals surface area contributed by atoms with Gasteiger partial charge >= 0.3 is 0 Å². The Morgan fingerprint density at radius 2 is 1.06 bits per heavy atom. The molecule has 49 heavy (non-hydrogen) atoms. The van der Waals surface area contributed by atoms with Crippen LogP contribution in [0.3, 0.4) is 0 Å². The maximum absolute atomic E-state index is 10.8. The van der Waals surface area contributed by atoms with Crippen LogP contribution in [0.5, 0.6) is 0 Å². The molecular weight excluding hydrogens is 601 g/mol. The van der Waals surface area contributed by atoms with Gasteiger partial charge in [-0.15, -0.1) is 0 Å². The summed E-state index contributed by atoms with van der Waals surface area (Å²) in [5.74, 6) is 0. The molecule has 5 nitrogen and oxygen atoms in total. The lowest BCUT2D eigenvalue weighted by Crippen LogP contribution is -2.02. The molecule has 0 saturated carbocycles. The molecule has 0 aliphatic heterocycles. The molecular formula is C44H24N4O. The number of nitrogens with zero attached hydrogens (tertiary/aromatic N) is 4. The predicted octanol–water partition coefficient (Wildman–Crippen LogP) is 11.2. The summed E-state index contributed by atoms with van der Waals surface area (Å²) < 4.78 is 10.7. The lowest BCUT2D eigenvalue weighted by Gasteiger charge is -2.17. The van der Waals surface area contributed by atoms with Crippen molar-refractivity contribution in [3.8, 4) is 34.6 Å². The quantitative estimate of drug-likeness (QED) is 0.196. The zero-order valence-corrected chi connectivity index (χ0v) is 26.1. The first-order valence-electron chi connectivity index (χ1n) is 16.1. The van der Waals surface area contributed by atoms with Gasteiger partial charge in [-0.25, -0.2) is 0 Å². The van der Waals surface area contributed by atoms with E-state index in [-0.39, 0.29) is 0 Å². The Balaban J connectivity index is 1.27. The minimum atomic E-state index is 0.518. The Bertz CT molecular complexity index is 3030. The summed E-state index contributed by atoms with van der Waals surface area (Å²) >= 11 is 0. The van der Waals surface area contributed by atoms with Crippen molar-refractivity contribution >= 4 is 65.6 Å². The van der Waals surface area contributed by atoms with Crippen molar-refractivity contribution in [3.05, 3.63) is 157 Å². The first kappa shape index (κ1) is 27.1. The molecule has 0 amide bonds. The molecule has 0 radical (unpaired) electrons. The predicted molar refractivity (Wildman–Crippen MR) is 197 cm³/mol. The van der Waals surface area contributed by atoms with Crippen molar-refractivity contribution in [2.75, 3.05) is 0 Å². The fourth-order valence-corrected chi connectivity index (χ4v) is 7.79. The van der Waals surface area contributed by atoms with Crippen molar-refractivity contribution in [3.63, 3.8) is 0 Å². The third kappa shape index (κ3) is 3.73. The standard InChI is InChI=1S/C44H24N4O/c45-25-27-10-9-15-34(43(27)48-38-17-6-1-11-31(38)32-12-2-7-18-39(32)48)30-21-20-29(24-28(30)26-46)47-37-16-5-3-13-33(37)35-22-23-41-42(44(35)47)36-14-4-8-19-40(36)49-41/h1-24H. The number of hydrogen-bond acceptors (Lipinski definition) is 3. The van der Waals surface area contributed by atoms with Crippen molar-refractivity contribution in [1.29, 1.82) is 10.5 Å². The van der Waals surface area contributed by atoms with Gasteiger partial charge in [0.1, 0.15) is 17.2 Å². The van der Waals surface area contributed by atoms with E-state index in [1.165, 1.54) is 0 Å². The second-order valence-electron chi connectivity index (χ2n) is 12.3. The van der Waals surface area contributed by atoms with Crippen molar-refractivity contribution in [1.82, 2.24) is 9.13 Å². The molecule has 10 aromatic rings. The van der Waals surface area contributed by atoms with Crippen molar-refractivity contribution in [2.24, 2.45) is 0 Å². The third-order valence-electron chi connectivity index (χ3n) is 9.81. The highest BCUT2D eigenvalue weighted by atomic mass is 16.3. The highest BCUT2D eigenvalue weighted by Gasteiger charge is 2.22. The van der Waals surface area contributed by atoms with Gasteiger partial charge in [0.05, 0.1) is 50.3 Å². The van der Waals surface area contributed by atoms with E-state index in [1.807, 2.05) is 78.9 Å². The van der Waals surface area contributed by atoms with Crippen molar-refractivity contribution < 1.29 is 4.42 Å². The summed E-state index contributed by atoms with van der Waals surface area (Å²) in [7, 11) is 0. The first-order valence-corrected chi connectivity index (χ1v) is 16.1. The molecule has 0 unspecified atom stereocenters. The molecule has 10 rings (SSSR count). The molecule has 0 N–H and O–H groups in total. The van der Waals surface area contributed by atoms with Gasteiger partial charge in [-0.1, -0.05) is 91.0 Å². The average molecular weight is 625 g/mol. The molecule has 0 aliphatic carbocycles. The van der Waals surface area contributed by atoms with Gasteiger partial charge in [0.25, 0.3) is 0 Å². The van der Waals surface area contributed by atoms with Crippen LogP contribution in [0.2, 0.25) is 0 Å². The van der Waals surface area contributed by atoms with E-state index in [1.54, 1.807) is 0 Å². The number of nitriles is 2. The van der Waals surface area contributed by atoms with Gasteiger partial charge in [-0.2, -0.15) is 10.5 Å². The van der Waals surface area contributed by atoms with Crippen LogP contribution in [0.4, 0.5) is 0 Å². The zero-order valence-electron chi connectivity index (χ0n) is 26.1. The van der Waals surface area contributed by atoms with E-state index >= 15 is 0 Å². The molecule has 3 heterocycles. The molecule has 7 aromatic carbocycles. The molecule has 5 heteroatoms. The van der Waals surface area contributed by atoms with Crippen LogP contribution in [-0.2, 0) is 0 Å². The molecule has 0 spiro atoms. The Kier molecular flexibility index (Phi) is 5.64. The van der Waals surface area contributed by atoms with Crippen LogP contribution >= 0.6 is 0 Å². The van der Waals surface area contributed by atoms with E-state index < -0.39 is 0 Å². The minimum absolute atomic E-state index is 0.518. The normalized spacial score (nSPS) is 11.6.